The molecule has 1 saturated heterocycles. The Labute approximate surface area is 197 Å². The summed E-state index contributed by atoms with van der Waals surface area (Å²) in [5.74, 6) is -1.65. The highest BCUT2D eigenvalue weighted by Crippen LogP contribution is 2.27. The normalized spacial score (nSPS) is 17.0. The second kappa shape index (κ2) is 10.5. The number of benzene rings is 2. The zero-order valence-corrected chi connectivity index (χ0v) is 18.9. The van der Waals surface area contributed by atoms with Crippen molar-refractivity contribution in [2.75, 3.05) is 26.4 Å². The van der Waals surface area contributed by atoms with Gasteiger partial charge in [0.15, 0.2) is 6.61 Å². The Balaban J connectivity index is 1.42. The number of hydrogen-bond donors (Lipinski definition) is 1. The lowest BCUT2D eigenvalue weighted by Gasteiger charge is -2.16. The van der Waals surface area contributed by atoms with Crippen molar-refractivity contribution in [3.8, 4) is 5.75 Å². The van der Waals surface area contributed by atoms with E-state index in [0.29, 0.717) is 42.2 Å². The van der Waals surface area contributed by atoms with Crippen LogP contribution < -0.4 is 10.1 Å². The number of rotatable bonds is 9. The molecule has 2 heterocycles. The lowest BCUT2D eigenvalue weighted by molar-refractivity contribution is -0.124. The van der Waals surface area contributed by atoms with Gasteiger partial charge in [0.25, 0.3) is 17.7 Å². The lowest BCUT2D eigenvalue weighted by atomic mass is 10.1. The van der Waals surface area contributed by atoms with Gasteiger partial charge in [0.05, 0.1) is 30.4 Å². The SMILES string of the molecule is CCOc1ccc(CN2C(=O)c3ccccc3C2=O)cc1C(=O)OCC(=O)NC[C@@H]1CCCO1. The third-order valence-electron chi connectivity index (χ3n) is 5.67. The third kappa shape index (κ3) is 5.09. The zero-order chi connectivity index (χ0) is 24.1. The van der Waals surface area contributed by atoms with Crippen molar-refractivity contribution < 1.29 is 33.4 Å². The number of hydrogen-bond acceptors (Lipinski definition) is 7. The molecule has 0 spiro atoms. The summed E-state index contributed by atoms with van der Waals surface area (Å²) in [6.07, 6.45) is 1.84. The molecule has 0 aliphatic carbocycles. The minimum atomic E-state index is -0.736. The van der Waals surface area contributed by atoms with Crippen molar-refractivity contribution in [2.24, 2.45) is 0 Å². The van der Waals surface area contributed by atoms with Crippen LogP contribution in [0.5, 0.6) is 5.75 Å². The predicted molar refractivity (Wildman–Crippen MR) is 121 cm³/mol. The number of imide groups is 1. The third-order valence-corrected chi connectivity index (χ3v) is 5.67. The maximum Gasteiger partial charge on any atom is 0.342 e. The van der Waals surface area contributed by atoms with Gasteiger partial charge in [-0.15, -0.1) is 0 Å². The molecule has 2 aliphatic rings. The topological polar surface area (TPSA) is 111 Å². The van der Waals surface area contributed by atoms with Crippen molar-refractivity contribution in [1.82, 2.24) is 10.2 Å². The number of nitrogens with one attached hydrogen (secondary N) is 1. The van der Waals surface area contributed by atoms with Gasteiger partial charge < -0.3 is 19.5 Å². The molecule has 9 nitrogen and oxygen atoms in total. The van der Waals surface area contributed by atoms with E-state index in [1.807, 2.05) is 0 Å². The van der Waals surface area contributed by atoms with Gasteiger partial charge in [-0.2, -0.15) is 0 Å². The number of amides is 3. The van der Waals surface area contributed by atoms with E-state index in [9.17, 15) is 19.2 Å². The van der Waals surface area contributed by atoms with Crippen LogP contribution in [0, 0.1) is 0 Å². The molecule has 2 aromatic carbocycles. The fraction of sp³-hybridized carbons (Fsp3) is 0.360. The molecule has 1 N–H and O–H groups in total. The Morgan fingerprint density at radius 1 is 1.12 bits per heavy atom. The first kappa shape index (κ1) is 23.4. The molecule has 1 atom stereocenters. The number of carbonyl (C=O) groups is 4. The molecule has 2 aromatic rings. The van der Waals surface area contributed by atoms with Gasteiger partial charge in [-0.25, -0.2) is 4.79 Å². The van der Waals surface area contributed by atoms with Crippen molar-refractivity contribution >= 4 is 23.7 Å². The molecule has 0 aromatic heterocycles. The first-order valence-corrected chi connectivity index (χ1v) is 11.2. The van der Waals surface area contributed by atoms with Crippen LogP contribution >= 0.6 is 0 Å². The Kier molecular flexibility index (Phi) is 7.22. The number of esters is 1. The van der Waals surface area contributed by atoms with Gasteiger partial charge in [-0.05, 0) is 49.6 Å². The molecule has 9 heteroatoms. The Bertz CT molecular complexity index is 1070. The van der Waals surface area contributed by atoms with E-state index in [1.54, 1.807) is 43.3 Å². The highest BCUT2D eigenvalue weighted by molar-refractivity contribution is 6.21. The van der Waals surface area contributed by atoms with E-state index in [1.165, 1.54) is 6.07 Å². The van der Waals surface area contributed by atoms with Crippen LogP contribution in [0.1, 0.15) is 56.4 Å². The van der Waals surface area contributed by atoms with Crippen molar-refractivity contribution in [3.63, 3.8) is 0 Å². The Morgan fingerprint density at radius 2 is 1.85 bits per heavy atom. The van der Waals surface area contributed by atoms with Crippen molar-refractivity contribution in [1.29, 1.82) is 0 Å². The van der Waals surface area contributed by atoms with E-state index < -0.39 is 18.5 Å². The highest BCUT2D eigenvalue weighted by atomic mass is 16.5. The van der Waals surface area contributed by atoms with Gasteiger partial charge in [0.1, 0.15) is 11.3 Å². The van der Waals surface area contributed by atoms with Gasteiger partial charge in [0.2, 0.25) is 0 Å². The summed E-state index contributed by atoms with van der Waals surface area (Å²) >= 11 is 0. The summed E-state index contributed by atoms with van der Waals surface area (Å²) in [6, 6.07) is 11.4. The standard InChI is InChI=1S/C25H26N2O7/c1-2-32-21-10-9-16(14-27-23(29)18-7-3-4-8-19(18)24(27)30)12-20(21)25(31)34-15-22(28)26-13-17-6-5-11-33-17/h3-4,7-10,12,17H,2,5-6,11,13-15H2,1H3,(H,26,28)/t17-/m0/s1. The molecule has 1 fully saturated rings. The van der Waals surface area contributed by atoms with Gasteiger partial charge >= 0.3 is 5.97 Å². The Hall–Kier alpha value is -3.72. The number of ether oxygens (including phenoxy) is 3. The first-order chi connectivity index (χ1) is 16.5. The maximum atomic E-state index is 12.7. The molecule has 0 radical (unpaired) electrons. The van der Waals surface area contributed by atoms with E-state index in [4.69, 9.17) is 14.2 Å². The summed E-state index contributed by atoms with van der Waals surface area (Å²) < 4.78 is 16.2. The van der Waals surface area contributed by atoms with Crippen LogP contribution in [0.2, 0.25) is 0 Å². The largest absolute Gasteiger partial charge is 0.493 e. The van der Waals surface area contributed by atoms with Crippen LogP contribution in [0.25, 0.3) is 0 Å². The smallest absolute Gasteiger partial charge is 0.342 e. The molecule has 2 aliphatic heterocycles. The summed E-state index contributed by atoms with van der Waals surface area (Å²) in [5.41, 5.74) is 1.37. The minimum Gasteiger partial charge on any atom is -0.493 e. The fourth-order valence-electron chi connectivity index (χ4n) is 3.97. The zero-order valence-electron chi connectivity index (χ0n) is 18.9. The summed E-state index contributed by atoms with van der Waals surface area (Å²) in [7, 11) is 0. The van der Waals surface area contributed by atoms with Gasteiger partial charge in [-0.1, -0.05) is 18.2 Å². The van der Waals surface area contributed by atoms with Crippen LogP contribution in [0.3, 0.4) is 0 Å². The molecule has 0 bridgehead atoms. The number of fused-ring (bicyclic) bond motifs is 1. The first-order valence-electron chi connectivity index (χ1n) is 11.2. The van der Waals surface area contributed by atoms with Crippen LogP contribution in [-0.4, -0.2) is 61.1 Å². The molecule has 34 heavy (non-hydrogen) atoms. The summed E-state index contributed by atoms with van der Waals surface area (Å²) in [4.78, 5) is 51.3. The van der Waals surface area contributed by atoms with E-state index in [0.717, 1.165) is 17.7 Å². The van der Waals surface area contributed by atoms with E-state index in [-0.39, 0.29) is 30.0 Å². The second-order valence-corrected chi connectivity index (χ2v) is 8.02. The molecule has 4 rings (SSSR count). The summed E-state index contributed by atoms with van der Waals surface area (Å²) in [6.45, 7) is 2.70. The molecule has 0 unspecified atom stereocenters. The second-order valence-electron chi connectivity index (χ2n) is 8.02. The molecular weight excluding hydrogens is 440 g/mol. The lowest BCUT2D eigenvalue weighted by Crippen LogP contribution is -2.34. The van der Waals surface area contributed by atoms with Crippen LogP contribution in [0.4, 0.5) is 0 Å². The number of carbonyl (C=O) groups excluding carboxylic acids is 4. The van der Waals surface area contributed by atoms with E-state index in [2.05, 4.69) is 5.32 Å². The maximum absolute atomic E-state index is 12.7. The van der Waals surface area contributed by atoms with Crippen molar-refractivity contribution in [2.45, 2.75) is 32.4 Å². The molecule has 3 amide bonds. The van der Waals surface area contributed by atoms with E-state index >= 15 is 0 Å². The minimum absolute atomic E-state index is 0.0111. The number of nitrogens with zero attached hydrogens (tertiary/aromatic N) is 1. The monoisotopic (exact) mass is 466 g/mol. The fourth-order valence-corrected chi connectivity index (χ4v) is 3.97. The average Bonchev–Trinajstić information content (AvgIpc) is 3.45. The van der Waals surface area contributed by atoms with Gasteiger partial charge in [-0.3, -0.25) is 19.3 Å². The summed E-state index contributed by atoms with van der Waals surface area (Å²) in [5, 5.41) is 2.70. The van der Waals surface area contributed by atoms with Gasteiger partial charge in [0, 0.05) is 13.2 Å². The molecule has 0 saturated carbocycles. The quantitative estimate of drug-likeness (QED) is 0.446. The molecule has 178 valence electrons. The predicted octanol–water partition coefficient (Wildman–Crippen LogP) is 2.33. The van der Waals surface area contributed by atoms with Crippen LogP contribution in [0.15, 0.2) is 42.5 Å². The average molecular weight is 466 g/mol. The van der Waals surface area contributed by atoms with Crippen LogP contribution in [-0.2, 0) is 20.8 Å². The molecular formula is C25H26N2O7. The highest BCUT2D eigenvalue weighted by Gasteiger charge is 2.35. The van der Waals surface area contributed by atoms with Crippen molar-refractivity contribution in [3.05, 3.63) is 64.7 Å². The Morgan fingerprint density at radius 3 is 2.50 bits per heavy atom.